The Morgan fingerprint density at radius 3 is 2.95 bits per heavy atom. The Kier molecular flexibility index (Phi) is 5.45. The van der Waals surface area contributed by atoms with E-state index in [1.807, 2.05) is 24.3 Å². The van der Waals surface area contributed by atoms with Gasteiger partial charge in [0.1, 0.15) is 0 Å². The SMILES string of the molecule is N#CCCSc1ccccc1NC(=O)C1CCCC1O. The van der Waals surface area contributed by atoms with Crippen LogP contribution in [-0.2, 0) is 4.79 Å². The van der Waals surface area contributed by atoms with Gasteiger partial charge in [-0.3, -0.25) is 4.79 Å². The molecule has 1 amide bonds. The molecule has 2 rings (SSSR count). The van der Waals surface area contributed by atoms with Crippen molar-refractivity contribution in [2.45, 2.75) is 36.7 Å². The van der Waals surface area contributed by atoms with Crippen LogP contribution in [0.25, 0.3) is 0 Å². The number of nitriles is 1. The first-order chi connectivity index (χ1) is 9.72. The highest BCUT2D eigenvalue weighted by molar-refractivity contribution is 7.99. The van der Waals surface area contributed by atoms with Crippen molar-refractivity contribution >= 4 is 23.4 Å². The average molecular weight is 290 g/mol. The maximum Gasteiger partial charge on any atom is 0.230 e. The number of nitrogens with one attached hydrogen (secondary N) is 1. The van der Waals surface area contributed by atoms with E-state index in [2.05, 4.69) is 11.4 Å². The minimum atomic E-state index is -0.520. The van der Waals surface area contributed by atoms with Gasteiger partial charge in [-0.25, -0.2) is 0 Å². The molecule has 1 aliphatic carbocycles. The van der Waals surface area contributed by atoms with E-state index in [0.29, 0.717) is 18.6 Å². The first-order valence-electron chi connectivity index (χ1n) is 6.80. The first kappa shape index (κ1) is 14.9. The second-order valence-corrected chi connectivity index (χ2v) is 5.98. The number of hydrogen-bond acceptors (Lipinski definition) is 4. The molecule has 0 saturated heterocycles. The lowest BCUT2D eigenvalue weighted by Crippen LogP contribution is -2.28. The summed E-state index contributed by atoms with van der Waals surface area (Å²) in [6.07, 6.45) is 2.31. The van der Waals surface area contributed by atoms with E-state index in [4.69, 9.17) is 5.26 Å². The van der Waals surface area contributed by atoms with Gasteiger partial charge in [0, 0.05) is 17.1 Å². The molecule has 0 bridgehead atoms. The van der Waals surface area contributed by atoms with Crippen molar-refractivity contribution in [3.63, 3.8) is 0 Å². The predicted octanol–water partition coefficient (Wildman–Crippen LogP) is 2.79. The van der Waals surface area contributed by atoms with Gasteiger partial charge in [-0.1, -0.05) is 12.1 Å². The zero-order chi connectivity index (χ0) is 14.4. The van der Waals surface area contributed by atoms with E-state index in [9.17, 15) is 9.90 Å². The number of hydrogen-bond donors (Lipinski definition) is 2. The van der Waals surface area contributed by atoms with E-state index in [1.165, 1.54) is 0 Å². The lowest BCUT2D eigenvalue weighted by atomic mass is 10.1. The van der Waals surface area contributed by atoms with Gasteiger partial charge in [-0.15, -0.1) is 11.8 Å². The molecule has 0 spiro atoms. The standard InChI is InChI=1S/C15H18N2O2S/c16-9-4-10-20-14-8-2-1-6-12(14)17-15(19)11-5-3-7-13(11)18/h1-2,6,8,11,13,18H,3-5,7,10H2,(H,17,19). The van der Waals surface area contributed by atoms with Crippen LogP contribution in [0.5, 0.6) is 0 Å². The highest BCUT2D eigenvalue weighted by Gasteiger charge is 2.31. The number of anilines is 1. The van der Waals surface area contributed by atoms with Crippen LogP contribution >= 0.6 is 11.8 Å². The summed E-state index contributed by atoms with van der Waals surface area (Å²) in [7, 11) is 0. The number of nitrogens with zero attached hydrogens (tertiary/aromatic N) is 1. The molecular formula is C15H18N2O2S. The molecular weight excluding hydrogens is 272 g/mol. The third kappa shape index (κ3) is 3.75. The van der Waals surface area contributed by atoms with Crippen molar-refractivity contribution in [2.75, 3.05) is 11.1 Å². The van der Waals surface area contributed by atoms with Crippen LogP contribution < -0.4 is 5.32 Å². The van der Waals surface area contributed by atoms with Crippen molar-refractivity contribution in [3.05, 3.63) is 24.3 Å². The third-order valence-electron chi connectivity index (χ3n) is 3.43. The molecule has 1 aromatic rings. The number of para-hydroxylation sites is 1. The summed E-state index contributed by atoms with van der Waals surface area (Å²) in [6.45, 7) is 0. The first-order valence-corrected chi connectivity index (χ1v) is 7.78. The topological polar surface area (TPSA) is 73.1 Å². The molecule has 1 fully saturated rings. The molecule has 2 atom stereocenters. The van der Waals surface area contributed by atoms with Crippen molar-refractivity contribution in [1.82, 2.24) is 0 Å². The van der Waals surface area contributed by atoms with Gasteiger partial charge in [0.25, 0.3) is 0 Å². The highest BCUT2D eigenvalue weighted by atomic mass is 32.2. The molecule has 5 heteroatoms. The summed E-state index contributed by atoms with van der Waals surface area (Å²) in [5, 5.41) is 21.3. The van der Waals surface area contributed by atoms with Gasteiger partial charge < -0.3 is 10.4 Å². The van der Waals surface area contributed by atoms with E-state index in [0.717, 1.165) is 23.4 Å². The highest BCUT2D eigenvalue weighted by Crippen LogP contribution is 2.30. The summed E-state index contributed by atoms with van der Waals surface area (Å²) < 4.78 is 0. The molecule has 0 aromatic heterocycles. The van der Waals surface area contributed by atoms with Gasteiger partial charge in [0.2, 0.25) is 5.91 Å². The Balaban J connectivity index is 2.01. The number of carbonyl (C=O) groups is 1. The molecule has 0 heterocycles. The fourth-order valence-electron chi connectivity index (χ4n) is 2.37. The van der Waals surface area contributed by atoms with Gasteiger partial charge in [-0.05, 0) is 31.4 Å². The molecule has 1 aliphatic rings. The molecule has 2 N–H and O–H groups in total. The van der Waals surface area contributed by atoms with E-state index in [1.54, 1.807) is 11.8 Å². The van der Waals surface area contributed by atoms with Crippen LogP contribution in [0.2, 0.25) is 0 Å². The summed E-state index contributed by atoms with van der Waals surface area (Å²) in [5.41, 5.74) is 0.763. The maximum atomic E-state index is 12.2. The number of rotatable bonds is 5. The van der Waals surface area contributed by atoms with Crippen LogP contribution in [0, 0.1) is 17.2 Å². The number of benzene rings is 1. The van der Waals surface area contributed by atoms with Gasteiger partial charge in [0.05, 0.1) is 23.8 Å². The zero-order valence-electron chi connectivity index (χ0n) is 11.2. The normalized spacial score (nSPS) is 21.4. The molecule has 2 unspecified atom stereocenters. The number of aliphatic hydroxyl groups is 1. The second-order valence-electron chi connectivity index (χ2n) is 4.85. The number of amides is 1. The van der Waals surface area contributed by atoms with Crippen molar-refractivity contribution in [1.29, 1.82) is 5.26 Å². The third-order valence-corrected chi connectivity index (χ3v) is 4.51. The molecule has 1 aromatic carbocycles. The van der Waals surface area contributed by atoms with E-state index in [-0.39, 0.29) is 11.8 Å². The lowest BCUT2D eigenvalue weighted by Gasteiger charge is -2.16. The van der Waals surface area contributed by atoms with Crippen LogP contribution in [-0.4, -0.2) is 22.9 Å². The monoisotopic (exact) mass is 290 g/mol. The van der Waals surface area contributed by atoms with Crippen molar-refractivity contribution in [2.24, 2.45) is 5.92 Å². The zero-order valence-corrected chi connectivity index (χ0v) is 12.0. The molecule has 0 radical (unpaired) electrons. The summed E-state index contributed by atoms with van der Waals surface area (Å²) in [6, 6.07) is 9.68. The van der Waals surface area contributed by atoms with E-state index >= 15 is 0 Å². The molecule has 1 saturated carbocycles. The van der Waals surface area contributed by atoms with Crippen LogP contribution in [0.15, 0.2) is 29.2 Å². The van der Waals surface area contributed by atoms with Crippen LogP contribution in [0.3, 0.4) is 0 Å². The summed E-state index contributed by atoms with van der Waals surface area (Å²) in [5.74, 6) is 0.297. The summed E-state index contributed by atoms with van der Waals surface area (Å²) >= 11 is 1.56. The van der Waals surface area contributed by atoms with Crippen molar-refractivity contribution < 1.29 is 9.90 Å². The van der Waals surface area contributed by atoms with Gasteiger partial charge >= 0.3 is 0 Å². The van der Waals surface area contributed by atoms with Crippen LogP contribution in [0.4, 0.5) is 5.69 Å². The Morgan fingerprint density at radius 1 is 1.45 bits per heavy atom. The Labute approximate surface area is 123 Å². The molecule has 4 nitrogen and oxygen atoms in total. The van der Waals surface area contributed by atoms with E-state index < -0.39 is 6.10 Å². The minimum Gasteiger partial charge on any atom is -0.392 e. The Morgan fingerprint density at radius 2 is 2.25 bits per heavy atom. The summed E-state index contributed by atoms with van der Waals surface area (Å²) in [4.78, 5) is 13.1. The number of aliphatic hydroxyl groups excluding tert-OH is 1. The Bertz CT molecular complexity index is 513. The van der Waals surface area contributed by atoms with Gasteiger partial charge in [0.15, 0.2) is 0 Å². The fraction of sp³-hybridized carbons (Fsp3) is 0.467. The predicted molar refractivity (Wildman–Crippen MR) is 79.4 cm³/mol. The average Bonchev–Trinajstić information content (AvgIpc) is 2.87. The second kappa shape index (κ2) is 7.32. The lowest BCUT2D eigenvalue weighted by molar-refractivity contribution is -0.122. The Hall–Kier alpha value is -1.51. The maximum absolute atomic E-state index is 12.2. The number of carbonyl (C=O) groups excluding carboxylic acids is 1. The smallest absolute Gasteiger partial charge is 0.230 e. The van der Waals surface area contributed by atoms with Crippen LogP contribution in [0.1, 0.15) is 25.7 Å². The van der Waals surface area contributed by atoms with Crippen molar-refractivity contribution in [3.8, 4) is 6.07 Å². The van der Waals surface area contributed by atoms with Gasteiger partial charge in [-0.2, -0.15) is 5.26 Å². The minimum absolute atomic E-state index is 0.108. The largest absolute Gasteiger partial charge is 0.392 e. The fourth-order valence-corrected chi connectivity index (χ4v) is 3.24. The molecule has 20 heavy (non-hydrogen) atoms. The molecule has 106 valence electrons. The number of thioether (sulfide) groups is 1. The molecule has 0 aliphatic heterocycles. The quantitative estimate of drug-likeness (QED) is 0.646.